The predicted octanol–water partition coefficient (Wildman–Crippen LogP) is 4.26. The largest absolute Gasteiger partial charge is 0.491 e. The molecule has 0 saturated heterocycles. The van der Waals surface area contributed by atoms with Crippen molar-refractivity contribution in [3.8, 4) is 5.75 Å². The summed E-state index contributed by atoms with van der Waals surface area (Å²) in [5.41, 5.74) is 2.99. The zero-order chi connectivity index (χ0) is 40.7. The van der Waals surface area contributed by atoms with Gasteiger partial charge in [0.1, 0.15) is 36.6 Å². The summed E-state index contributed by atoms with van der Waals surface area (Å²) in [5, 5.41) is 8.77. The first-order valence-corrected chi connectivity index (χ1v) is 19.6. The van der Waals surface area contributed by atoms with E-state index in [1.165, 1.54) is 12.7 Å². The van der Waals surface area contributed by atoms with Crippen LogP contribution in [0.4, 0.5) is 4.79 Å². The minimum Gasteiger partial charge on any atom is -0.491 e. The summed E-state index contributed by atoms with van der Waals surface area (Å²) in [7, 11) is 1.43. The summed E-state index contributed by atoms with van der Waals surface area (Å²) in [6.07, 6.45) is 2.60. The van der Waals surface area contributed by atoms with E-state index in [2.05, 4.69) is 28.1 Å². The molecular formula is C42H62N4O10. The molecule has 1 aliphatic heterocycles. The third-order valence-electron chi connectivity index (χ3n) is 9.43. The van der Waals surface area contributed by atoms with Gasteiger partial charge in [-0.1, -0.05) is 51.1 Å². The number of ether oxygens (including phenoxy) is 6. The first-order chi connectivity index (χ1) is 26.7. The molecule has 3 N–H and O–H groups in total. The first-order valence-electron chi connectivity index (χ1n) is 19.6. The van der Waals surface area contributed by atoms with Crippen molar-refractivity contribution in [3.05, 3.63) is 64.7 Å². The van der Waals surface area contributed by atoms with Gasteiger partial charge in [0.25, 0.3) is 0 Å². The molecule has 4 rings (SSSR count). The fraction of sp³-hybridized carbons (Fsp3) is 0.619. The molecule has 4 amide bonds. The number of nitrogens with zero attached hydrogens (tertiary/aromatic N) is 1. The molecule has 56 heavy (non-hydrogen) atoms. The number of alkyl carbamates (subject to hydrolysis) is 1. The van der Waals surface area contributed by atoms with Gasteiger partial charge >= 0.3 is 6.09 Å². The maximum Gasteiger partial charge on any atom is 0.407 e. The van der Waals surface area contributed by atoms with Crippen LogP contribution in [0.5, 0.6) is 5.75 Å². The van der Waals surface area contributed by atoms with Crippen LogP contribution in [-0.2, 0) is 57.5 Å². The molecule has 0 bridgehead atoms. The van der Waals surface area contributed by atoms with Crippen molar-refractivity contribution < 1.29 is 47.6 Å². The Hall–Kier alpha value is -4.24. The molecule has 2 aliphatic rings. The van der Waals surface area contributed by atoms with Crippen LogP contribution in [-0.4, -0.2) is 113 Å². The Kier molecular flexibility index (Phi) is 16.9. The molecule has 2 aromatic carbocycles. The predicted molar refractivity (Wildman–Crippen MR) is 210 cm³/mol. The number of methoxy groups -OCH3 is 1. The van der Waals surface area contributed by atoms with Crippen molar-refractivity contribution in [1.82, 2.24) is 20.9 Å². The van der Waals surface area contributed by atoms with E-state index in [0.717, 1.165) is 36.0 Å². The lowest BCUT2D eigenvalue weighted by Gasteiger charge is -2.41. The molecule has 310 valence electrons. The third kappa shape index (κ3) is 14.1. The third-order valence-corrected chi connectivity index (χ3v) is 9.43. The monoisotopic (exact) mass is 782 g/mol. The minimum absolute atomic E-state index is 0.143. The van der Waals surface area contributed by atoms with Crippen molar-refractivity contribution >= 4 is 23.8 Å². The smallest absolute Gasteiger partial charge is 0.407 e. The Labute approximate surface area is 331 Å². The van der Waals surface area contributed by atoms with Crippen LogP contribution < -0.4 is 20.7 Å². The van der Waals surface area contributed by atoms with Crippen LogP contribution in [0, 0.1) is 5.41 Å². The molecule has 0 fully saturated rings. The van der Waals surface area contributed by atoms with Crippen molar-refractivity contribution in [2.75, 3.05) is 66.5 Å². The molecule has 1 heterocycles. The number of nitrogens with one attached hydrogen (secondary N) is 3. The fourth-order valence-electron chi connectivity index (χ4n) is 6.74. The SMILES string of the molecule is COCC(=O)N[C@H](C(=O)N1Cc2cc(OCCOCCOCCOCCNC(=O)OC(C)(C)C)ccc2C[C@H]1C(=O)N[C@@H]1CCCc2ccccc21)C(C)(C)C. The van der Waals surface area contributed by atoms with Crippen molar-refractivity contribution in [3.63, 3.8) is 0 Å². The average Bonchev–Trinajstić information content (AvgIpc) is 3.14. The van der Waals surface area contributed by atoms with Crippen LogP contribution in [0.2, 0.25) is 0 Å². The van der Waals surface area contributed by atoms with E-state index >= 15 is 0 Å². The number of hydrogen-bond acceptors (Lipinski definition) is 10. The highest BCUT2D eigenvalue weighted by molar-refractivity contribution is 5.93. The van der Waals surface area contributed by atoms with Gasteiger partial charge in [-0.15, -0.1) is 0 Å². The minimum atomic E-state index is -0.890. The Balaban J connectivity index is 1.30. The van der Waals surface area contributed by atoms with E-state index in [0.29, 0.717) is 65.0 Å². The van der Waals surface area contributed by atoms with E-state index in [-0.39, 0.29) is 31.0 Å². The summed E-state index contributed by atoms with van der Waals surface area (Å²) >= 11 is 0. The summed E-state index contributed by atoms with van der Waals surface area (Å²) in [4.78, 5) is 54.6. The van der Waals surface area contributed by atoms with Crippen LogP contribution in [0.3, 0.4) is 0 Å². The van der Waals surface area contributed by atoms with Crippen LogP contribution in [0.15, 0.2) is 42.5 Å². The van der Waals surface area contributed by atoms with E-state index < -0.39 is 35.1 Å². The number of carbonyl (C=O) groups is 4. The van der Waals surface area contributed by atoms with Crippen molar-refractivity contribution in [2.45, 2.75) is 97.5 Å². The zero-order valence-electron chi connectivity index (χ0n) is 34.2. The quantitative estimate of drug-likeness (QED) is 0.176. The maximum atomic E-state index is 14.4. The van der Waals surface area contributed by atoms with Crippen molar-refractivity contribution in [2.24, 2.45) is 5.41 Å². The molecule has 1 aliphatic carbocycles. The lowest BCUT2D eigenvalue weighted by atomic mass is 9.84. The second-order valence-corrected chi connectivity index (χ2v) is 16.2. The van der Waals surface area contributed by atoms with Gasteiger partial charge in [0.15, 0.2) is 0 Å². The molecule has 0 unspecified atom stereocenters. The molecule has 0 radical (unpaired) electrons. The van der Waals surface area contributed by atoms with Gasteiger partial charge < -0.3 is 49.3 Å². The molecule has 0 saturated carbocycles. The van der Waals surface area contributed by atoms with Gasteiger partial charge in [0, 0.05) is 26.6 Å². The highest BCUT2D eigenvalue weighted by Crippen LogP contribution is 2.33. The molecular weight excluding hydrogens is 720 g/mol. The molecule has 3 atom stereocenters. The van der Waals surface area contributed by atoms with Gasteiger partial charge in [0.05, 0.1) is 45.7 Å². The van der Waals surface area contributed by atoms with Gasteiger partial charge in [-0.25, -0.2) is 4.79 Å². The van der Waals surface area contributed by atoms with Crippen LogP contribution >= 0.6 is 0 Å². The van der Waals surface area contributed by atoms with Gasteiger partial charge in [-0.2, -0.15) is 0 Å². The van der Waals surface area contributed by atoms with E-state index in [1.54, 1.807) is 25.7 Å². The molecule has 0 spiro atoms. The number of benzene rings is 2. The summed E-state index contributed by atoms with van der Waals surface area (Å²) in [6.45, 7) is 14.0. The van der Waals surface area contributed by atoms with Crippen LogP contribution in [0.1, 0.15) is 82.7 Å². The number of rotatable bonds is 19. The van der Waals surface area contributed by atoms with Crippen molar-refractivity contribution in [1.29, 1.82) is 0 Å². The lowest BCUT2D eigenvalue weighted by molar-refractivity contribution is -0.147. The van der Waals surface area contributed by atoms with Gasteiger partial charge in [-0.3, -0.25) is 14.4 Å². The Bertz CT molecular complexity index is 1600. The highest BCUT2D eigenvalue weighted by Gasteiger charge is 2.42. The van der Waals surface area contributed by atoms with E-state index in [4.69, 9.17) is 28.4 Å². The summed E-state index contributed by atoms with van der Waals surface area (Å²) in [6, 6.07) is 12.1. The first kappa shape index (κ1) is 44.5. The second kappa shape index (κ2) is 21.3. The van der Waals surface area contributed by atoms with E-state index in [1.807, 2.05) is 51.1 Å². The maximum absolute atomic E-state index is 14.4. The number of amides is 4. The summed E-state index contributed by atoms with van der Waals surface area (Å²) < 4.78 is 32.9. The van der Waals surface area contributed by atoms with Gasteiger partial charge in [-0.05, 0) is 79.8 Å². The highest BCUT2D eigenvalue weighted by atomic mass is 16.6. The molecule has 14 heteroatoms. The second-order valence-electron chi connectivity index (χ2n) is 16.2. The summed E-state index contributed by atoms with van der Waals surface area (Å²) in [5.74, 6) is -0.335. The Morgan fingerprint density at radius 2 is 1.52 bits per heavy atom. The number of hydrogen-bond donors (Lipinski definition) is 3. The number of aryl methyl sites for hydroxylation is 1. The Morgan fingerprint density at radius 3 is 2.20 bits per heavy atom. The van der Waals surface area contributed by atoms with E-state index in [9.17, 15) is 19.2 Å². The standard InChI is InChI=1S/C42H62N4O10/c1-41(2,3)37(45-36(47)28-51-7)39(49)46-27-31-25-32(55-24-23-54-22-21-53-20-19-52-18-17-43-40(50)56-42(4,5)6)16-15-30(31)26-35(46)38(48)44-34-14-10-12-29-11-8-9-13-33(29)34/h8-9,11,13,15-16,25,34-35,37H,10,12,14,17-24,26-28H2,1-7H3,(H,43,50)(H,44,48)(H,45,47)/t34-,35+,37-/m1/s1. The molecule has 2 aromatic rings. The lowest BCUT2D eigenvalue weighted by Crippen LogP contribution is -2.61. The number of carbonyl (C=O) groups excluding carboxylic acids is 4. The van der Waals surface area contributed by atoms with Gasteiger partial charge in [0.2, 0.25) is 17.7 Å². The normalized spacial score (nSPS) is 17.2. The zero-order valence-corrected chi connectivity index (χ0v) is 34.2. The number of fused-ring (bicyclic) bond motifs is 2. The Morgan fingerprint density at radius 1 is 0.839 bits per heavy atom. The van der Waals surface area contributed by atoms with Crippen LogP contribution in [0.25, 0.3) is 0 Å². The average molecular weight is 783 g/mol. The molecule has 0 aromatic heterocycles. The molecule has 14 nitrogen and oxygen atoms in total. The fourth-order valence-corrected chi connectivity index (χ4v) is 6.74. The topological polar surface area (TPSA) is 163 Å².